The van der Waals surface area contributed by atoms with Crippen molar-refractivity contribution in [2.24, 2.45) is 0 Å². The van der Waals surface area contributed by atoms with Gasteiger partial charge in [0.1, 0.15) is 0 Å². The van der Waals surface area contributed by atoms with Gasteiger partial charge in [0.15, 0.2) is 0 Å². The van der Waals surface area contributed by atoms with Crippen molar-refractivity contribution in [3.8, 4) is 0 Å². The highest BCUT2D eigenvalue weighted by Crippen LogP contribution is 2.23. The Labute approximate surface area is 127 Å². The second-order valence-corrected chi connectivity index (χ2v) is 7.32. The number of halogens is 1. The molecule has 20 heavy (non-hydrogen) atoms. The van der Waals surface area contributed by atoms with Gasteiger partial charge in [0.2, 0.25) is 10.0 Å². The molecule has 0 spiro atoms. The Morgan fingerprint density at radius 1 is 1.05 bits per heavy atom. The summed E-state index contributed by atoms with van der Waals surface area (Å²) < 4.78 is 27.2. The molecule has 0 fully saturated rings. The van der Waals surface area contributed by atoms with E-state index in [1.54, 1.807) is 19.1 Å². The summed E-state index contributed by atoms with van der Waals surface area (Å²) in [6.07, 6.45) is 5.51. The van der Waals surface area contributed by atoms with Gasteiger partial charge in [-0.2, -0.15) is 0 Å². The standard InChI is InChI=1S/C15H24ClNO2S/c1-4-5-6-7-8-9-17-20(18,19)15-11-12(2)14(16)10-13(15)3/h10-11,17H,4-9H2,1-3H3. The van der Waals surface area contributed by atoms with E-state index in [2.05, 4.69) is 11.6 Å². The highest BCUT2D eigenvalue weighted by Gasteiger charge is 2.17. The van der Waals surface area contributed by atoms with Crippen molar-refractivity contribution in [1.82, 2.24) is 4.72 Å². The van der Waals surface area contributed by atoms with E-state index in [0.29, 0.717) is 22.0 Å². The SMILES string of the molecule is CCCCCCCNS(=O)(=O)c1cc(C)c(Cl)cc1C. The van der Waals surface area contributed by atoms with Crippen molar-refractivity contribution < 1.29 is 8.42 Å². The Kier molecular flexibility index (Phi) is 7.00. The van der Waals surface area contributed by atoms with E-state index in [1.165, 1.54) is 12.8 Å². The smallest absolute Gasteiger partial charge is 0.211 e. The topological polar surface area (TPSA) is 46.2 Å². The Hall–Kier alpha value is -0.580. The molecule has 5 heteroatoms. The van der Waals surface area contributed by atoms with E-state index < -0.39 is 10.0 Å². The first-order valence-corrected chi connectivity index (χ1v) is 9.01. The molecule has 0 aliphatic carbocycles. The van der Waals surface area contributed by atoms with Crippen LogP contribution in [0.4, 0.5) is 0 Å². The highest BCUT2D eigenvalue weighted by molar-refractivity contribution is 7.89. The van der Waals surface area contributed by atoms with E-state index in [-0.39, 0.29) is 0 Å². The van der Waals surface area contributed by atoms with Crippen molar-refractivity contribution >= 4 is 21.6 Å². The Bertz CT molecular complexity index is 541. The van der Waals surface area contributed by atoms with Gasteiger partial charge in [-0.15, -0.1) is 0 Å². The number of nitrogens with one attached hydrogen (secondary N) is 1. The van der Waals surface area contributed by atoms with Crippen LogP contribution in [0.15, 0.2) is 17.0 Å². The molecule has 0 atom stereocenters. The Balaban J connectivity index is 2.63. The Morgan fingerprint density at radius 3 is 2.35 bits per heavy atom. The van der Waals surface area contributed by atoms with Crippen LogP contribution in [0.5, 0.6) is 0 Å². The largest absolute Gasteiger partial charge is 0.240 e. The lowest BCUT2D eigenvalue weighted by molar-refractivity contribution is 0.570. The van der Waals surface area contributed by atoms with Gasteiger partial charge in [0, 0.05) is 11.6 Å². The molecule has 114 valence electrons. The van der Waals surface area contributed by atoms with Crippen LogP contribution in [0.25, 0.3) is 0 Å². The third kappa shape index (κ3) is 5.08. The van der Waals surface area contributed by atoms with Crippen LogP contribution in [0.3, 0.4) is 0 Å². The van der Waals surface area contributed by atoms with Crippen LogP contribution in [-0.4, -0.2) is 15.0 Å². The van der Waals surface area contributed by atoms with E-state index in [1.807, 2.05) is 6.92 Å². The first kappa shape index (κ1) is 17.5. The second-order valence-electron chi connectivity index (χ2n) is 5.18. The maximum absolute atomic E-state index is 12.3. The fraction of sp³-hybridized carbons (Fsp3) is 0.600. The quantitative estimate of drug-likeness (QED) is 0.730. The number of hydrogen-bond donors (Lipinski definition) is 1. The summed E-state index contributed by atoms with van der Waals surface area (Å²) >= 11 is 6.00. The third-order valence-corrected chi connectivity index (χ3v) is 5.33. The van der Waals surface area contributed by atoms with Gasteiger partial charge < -0.3 is 0 Å². The summed E-state index contributed by atoms with van der Waals surface area (Å²) in [5, 5.41) is 0.598. The number of hydrogen-bond acceptors (Lipinski definition) is 2. The fourth-order valence-corrected chi connectivity index (χ4v) is 3.66. The fourth-order valence-electron chi connectivity index (χ4n) is 2.06. The van der Waals surface area contributed by atoms with Crippen molar-refractivity contribution in [2.45, 2.75) is 57.8 Å². The average Bonchev–Trinajstić information content (AvgIpc) is 2.37. The molecule has 1 N–H and O–H groups in total. The lowest BCUT2D eigenvalue weighted by Crippen LogP contribution is -2.25. The minimum atomic E-state index is -3.43. The van der Waals surface area contributed by atoms with Gasteiger partial charge in [0.05, 0.1) is 4.90 Å². The normalized spacial score (nSPS) is 11.8. The van der Waals surface area contributed by atoms with Crippen LogP contribution in [-0.2, 0) is 10.0 Å². The minimum absolute atomic E-state index is 0.327. The van der Waals surface area contributed by atoms with Crippen molar-refractivity contribution in [3.05, 3.63) is 28.3 Å². The molecule has 0 saturated carbocycles. The summed E-state index contributed by atoms with van der Waals surface area (Å²) in [5.74, 6) is 0. The summed E-state index contributed by atoms with van der Waals surface area (Å²) in [6, 6.07) is 3.34. The van der Waals surface area contributed by atoms with E-state index in [0.717, 1.165) is 24.8 Å². The van der Waals surface area contributed by atoms with E-state index >= 15 is 0 Å². The average molecular weight is 318 g/mol. The molecule has 0 aliphatic heterocycles. The summed E-state index contributed by atoms with van der Waals surface area (Å²) in [7, 11) is -3.43. The zero-order chi connectivity index (χ0) is 15.2. The summed E-state index contributed by atoms with van der Waals surface area (Å²) in [6.45, 7) is 6.23. The first-order chi connectivity index (χ1) is 9.38. The molecule has 0 aliphatic rings. The van der Waals surface area contributed by atoms with Crippen molar-refractivity contribution in [2.75, 3.05) is 6.54 Å². The lowest BCUT2D eigenvalue weighted by Gasteiger charge is -2.11. The first-order valence-electron chi connectivity index (χ1n) is 7.15. The number of rotatable bonds is 8. The zero-order valence-electron chi connectivity index (χ0n) is 12.5. The summed E-state index contributed by atoms with van der Waals surface area (Å²) in [5.41, 5.74) is 1.46. The molecular weight excluding hydrogens is 294 g/mol. The molecule has 1 aromatic rings. The number of sulfonamides is 1. The van der Waals surface area contributed by atoms with Gasteiger partial charge in [-0.05, 0) is 43.5 Å². The van der Waals surface area contributed by atoms with E-state index in [4.69, 9.17) is 11.6 Å². The molecule has 0 heterocycles. The Morgan fingerprint density at radius 2 is 1.70 bits per heavy atom. The van der Waals surface area contributed by atoms with Gasteiger partial charge in [0.25, 0.3) is 0 Å². The molecule has 0 radical (unpaired) electrons. The maximum atomic E-state index is 12.3. The van der Waals surface area contributed by atoms with Gasteiger partial charge in [-0.25, -0.2) is 13.1 Å². The van der Waals surface area contributed by atoms with Crippen molar-refractivity contribution in [3.63, 3.8) is 0 Å². The number of unbranched alkanes of at least 4 members (excludes halogenated alkanes) is 4. The predicted octanol–water partition coefficient (Wildman–Crippen LogP) is 4.21. The highest BCUT2D eigenvalue weighted by atomic mass is 35.5. The second kappa shape index (κ2) is 8.01. The monoisotopic (exact) mass is 317 g/mol. The zero-order valence-corrected chi connectivity index (χ0v) is 14.1. The van der Waals surface area contributed by atoms with Crippen LogP contribution in [0.2, 0.25) is 5.02 Å². The molecule has 0 amide bonds. The predicted molar refractivity (Wildman–Crippen MR) is 84.9 cm³/mol. The molecule has 3 nitrogen and oxygen atoms in total. The number of aryl methyl sites for hydroxylation is 2. The molecule has 1 rings (SSSR count). The van der Waals surface area contributed by atoms with Crippen LogP contribution >= 0.6 is 11.6 Å². The summed E-state index contributed by atoms with van der Waals surface area (Å²) in [4.78, 5) is 0.327. The minimum Gasteiger partial charge on any atom is -0.211 e. The molecule has 0 saturated heterocycles. The molecular formula is C15H24ClNO2S. The molecule has 0 unspecified atom stereocenters. The van der Waals surface area contributed by atoms with Gasteiger partial charge in [-0.1, -0.05) is 44.2 Å². The van der Waals surface area contributed by atoms with Crippen LogP contribution in [0.1, 0.15) is 50.2 Å². The molecule has 1 aromatic carbocycles. The van der Waals surface area contributed by atoms with Gasteiger partial charge in [-0.3, -0.25) is 0 Å². The lowest BCUT2D eigenvalue weighted by atomic mass is 10.2. The molecule has 0 aromatic heterocycles. The number of benzene rings is 1. The van der Waals surface area contributed by atoms with Crippen molar-refractivity contribution in [1.29, 1.82) is 0 Å². The van der Waals surface area contributed by atoms with E-state index in [9.17, 15) is 8.42 Å². The van der Waals surface area contributed by atoms with Crippen LogP contribution in [0, 0.1) is 13.8 Å². The molecule has 0 bridgehead atoms. The van der Waals surface area contributed by atoms with Crippen LogP contribution < -0.4 is 4.72 Å². The third-order valence-electron chi connectivity index (χ3n) is 3.32. The van der Waals surface area contributed by atoms with Gasteiger partial charge >= 0.3 is 0 Å². The maximum Gasteiger partial charge on any atom is 0.240 e.